The van der Waals surface area contributed by atoms with Crippen molar-refractivity contribution < 1.29 is 4.79 Å². The molecular formula is C14H20N2O. The second-order valence-corrected chi connectivity index (χ2v) is 4.63. The van der Waals surface area contributed by atoms with Gasteiger partial charge in [0, 0.05) is 13.1 Å². The van der Waals surface area contributed by atoms with Crippen molar-refractivity contribution in [3.8, 4) is 0 Å². The minimum absolute atomic E-state index is 0.116. The molecule has 1 unspecified atom stereocenters. The number of hydrogen-bond acceptors (Lipinski definition) is 2. The Hall–Kier alpha value is -1.35. The Kier molecular flexibility index (Phi) is 4.15. The molecule has 1 aliphatic rings. The Morgan fingerprint density at radius 1 is 1.41 bits per heavy atom. The molecule has 1 N–H and O–H groups in total. The van der Waals surface area contributed by atoms with E-state index in [9.17, 15) is 4.79 Å². The lowest BCUT2D eigenvalue weighted by molar-refractivity contribution is -0.121. The van der Waals surface area contributed by atoms with Gasteiger partial charge in [0.25, 0.3) is 0 Å². The van der Waals surface area contributed by atoms with Gasteiger partial charge in [-0.15, -0.1) is 0 Å². The average Bonchev–Trinajstić information content (AvgIpc) is 2.78. The number of amides is 1. The predicted octanol–water partition coefficient (Wildman–Crippen LogP) is 1.44. The minimum Gasteiger partial charge on any atom is -0.358 e. The summed E-state index contributed by atoms with van der Waals surface area (Å²) in [6.07, 6.45) is 3.46. The molecule has 1 fully saturated rings. The summed E-state index contributed by atoms with van der Waals surface area (Å²) < 4.78 is 0. The zero-order chi connectivity index (χ0) is 12.1. The zero-order valence-electron chi connectivity index (χ0n) is 10.4. The number of nitrogens with one attached hydrogen (secondary N) is 1. The topological polar surface area (TPSA) is 32.3 Å². The fourth-order valence-electron chi connectivity index (χ4n) is 2.48. The number of likely N-dealkylation sites (N-methyl/N-ethyl adjacent to an activating group) is 1. The molecule has 92 valence electrons. The molecule has 1 aromatic rings. The number of hydrogen-bond donors (Lipinski definition) is 1. The first kappa shape index (κ1) is 12.1. The summed E-state index contributed by atoms with van der Waals surface area (Å²) in [5, 5.41) is 2.70. The van der Waals surface area contributed by atoms with Crippen LogP contribution in [0.4, 0.5) is 0 Å². The van der Waals surface area contributed by atoms with Gasteiger partial charge in [0.05, 0.1) is 6.54 Å². The van der Waals surface area contributed by atoms with Crippen LogP contribution in [0.2, 0.25) is 0 Å². The van der Waals surface area contributed by atoms with Gasteiger partial charge in [0.1, 0.15) is 0 Å². The first-order valence-corrected chi connectivity index (χ1v) is 6.28. The molecule has 0 radical (unpaired) electrons. The summed E-state index contributed by atoms with van der Waals surface area (Å²) >= 11 is 0. The van der Waals surface area contributed by atoms with Gasteiger partial charge >= 0.3 is 0 Å². The number of rotatable bonds is 4. The second kappa shape index (κ2) is 5.82. The summed E-state index contributed by atoms with van der Waals surface area (Å²) in [7, 11) is 1.70. The summed E-state index contributed by atoms with van der Waals surface area (Å²) in [5.41, 5.74) is 1.36. The maximum atomic E-state index is 11.4. The van der Waals surface area contributed by atoms with Crippen LogP contribution < -0.4 is 5.32 Å². The molecule has 0 aliphatic carbocycles. The van der Waals surface area contributed by atoms with Gasteiger partial charge in [-0.3, -0.25) is 9.69 Å². The van der Waals surface area contributed by atoms with Crippen molar-refractivity contribution in [1.29, 1.82) is 0 Å². The van der Waals surface area contributed by atoms with Crippen molar-refractivity contribution in [2.24, 2.45) is 0 Å². The monoisotopic (exact) mass is 232 g/mol. The van der Waals surface area contributed by atoms with Gasteiger partial charge in [-0.1, -0.05) is 30.3 Å². The van der Waals surface area contributed by atoms with Crippen LogP contribution in [0, 0.1) is 0 Å². The predicted molar refractivity (Wildman–Crippen MR) is 68.8 cm³/mol. The highest BCUT2D eigenvalue weighted by molar-refractivity contribution is 5.77. The third-order valence-electron chi connectivity index (χ3n) is 3.44. The maximum Gasteiger partial charge on any atom is 0.233 e. The van der Waals surface area contributed by atoms with Crippen LogP contribution in [0.5, 0.6) is 0 Å². The summed E-state index contributed by atoms with van der Waals surface area (Å²) in [6, 6.07) is 11.0. The van der Waals surface area contributed by atoms with E-state index in [4.69, 9.17) is 0 Å². The molecule has 1 atom stereocenters. The molecule has 2 rings (SSSR count). The van der Waals surface area contributed by atoms with Gasteiger partial charge in [-0.05, 0) is 31.4 Å². The molecule has 1 aliphatic heterocycles. The van der Waals surface area contributed by atoms with E-state index in [-0.39, 0.29) is 5.91 Å². The van der Waals surface area contributed by atoms with E-state index in [1.807, 2.05) is 6.07 Å². The Labute approximate surface area is 103 Å². The van der Waals surface area contributed by atoms with Gasteiger partial charge in [0.2, 0.25) is 5.91 Å². The Morgan fingerprint density at radius 2 is 2.18 bits per heavy atom. The minimum atomic E-state index is 0.116. The highest BCUT2D eigenvalue weighted by Gasteiger charge is 2.25. The van der Waals surface area contributed by atoms with Crippen LogP contribution >= 0.6 is 0 Å². The summed E-state index contributed by atoms with van der Waals surface area (Å²) in [6.45, 7) is 1.58. The van der Waals surface area contributed by atoms with Crippen molar-refractivity contribution in [3.05, 3.63) is 35.9 Å². The van der Waals surface area contributed by atoms with E-state index in [1.165, 1.54) is 18.4 Å². The SMILES string of the molecule is CNC(=O)CN1CCCC1Cc1ccccc1. The van der Waals surface area contributed by atoms with E-state index in [0.29, 0.717) is 12.6 Å². The molecule has 3 heteroatoms. The van der Waals surface area contributed by atoms with E-state index >= 15 is 0 Å². The molecule has 0 spiro atoms. The number of benzene rings is 1. The van der Waals surface area contributed by atoms with Crippen LogP contribution in [-0.2, 0) is 11.2 Å². The number of carbonyl (C=O) groups excluding carboxylic acids is 1. The van der Waals surface area contributed by atoms with Crippen molar-refractivity contribution in [3.63, 3.8) is 0 Å². The molecule has 1 amide bonds. The van der Waals surface area contributed by atoms with Crippen molar-refractivity contribution in [2.45, 2.75) is 25.3 Å². The maximum absolute atomic E-state index is 11.4. The van der Waals surface area contributed by atoms with Crippen molar-refractivity contribution in [1.82, 2.24) is 10.2 Å². The van der Waals surface area contributed by atoms with Crippen molar-refractivity contribution in [2.75, 3.05) is 20.1 Å². The molecule has 1 saturated heterocycles. The zero-order valence-corrected chi connectivity index (χ0v) is 10.4. The lowest BCUT2D eigenvalue weighted by Crippen LogP contribution is -2.39. The highest BCUT2D eigenvalue weighted by atomic mass is 16.1. The van der Waals surface area contributed by atoms with Crippen LogP contribution in [-0.4, -0.2) is 37.0 Å². The summed E-state index contributed by atoms with van der Waals surface area (Å²) in [4.78, 5) is 13.7. The first-order valence-electron chi connectivity index (χ1n) is 6.28. The van der Waals surface area contributed by atoms with E-state index in [1.54, 1.807) is 7.05 Å². The Balaban J connectivity index is 1.93. The van der Waals surface area contributed by atoms with Crippen LogP contribution in [0.15, 0.2) is 30.3 Å². The number of nitrogens with zero attached hydrogens (tertiary/aromatic N) is 1. The molecule has 3 nitrogen and oxygen atoms in total. The number of likely N-dealkylation sites (tertiary alicyclic amines) is 1. The Bertz CT molecular complexity index is 364. The third-order valence-corrected chi connectivity index (χ3v) is 3.44. The van der Waals surface area contributed by atoms with Crippen LogP contribution in [0.1, 0.15) is 18.4 Å². The van der Waals surface area contributed by atoms with Crippen LogP contribution in [0.25, 0.3) is 0 Å². The average molecular weight is 232 g/mol. The van der Waals surface area contributed by atoms with Crippen LogP contribution in [0.3, 0.4) is 0 Å². The highest BCUT2D eigenvalue weighted by Crippen LogP contribution is 2.20. The van der Waals surface area contributed by atoms with Gasteiger partial charge in [-0.25, -0.2) is 0 Å². The fourth-order valence-corrected chi connectivity index (χ4v) is 2.48. The molecule has 1 heterocycles. The fraction of sp³-hybridized carbons (Fsp3) is 0.500. The first-order chi connectivity index (χ1) is 8.29. The number of carbonyl (C=O) groups is 1. The lowest BCUT2D eigenvalue weighted by Gasteiger charge is -2.23. The van der Waals surface area contributed by atoms with E-state index in [0.717, 1.165) is 13.0 Å². The third kappa shape index (κ3) is 3.30. The molecular weight excluding hydrogens is 212 g/mol. The molecule has 0 aromatic heterocycles. The van der Waals surface area contributed by atoms with Gasteiger partial charge in [0.15, 0.2) is 0 Å². The van der Waals surface area contributed by atoms with E-state index in [2.05, 4.69) is 34.5 Å². The van der Waals surface area contributed by atoms with Gasteiger partial charge in [-0.2, -0.15) is 0 Å². The molecule has 1 aromatic carbocycles. The quantitative estimate of drug-likeness (QED) is 0.852. The standard InChI is InChI=1S/C14H20N2O/c1-15-14(17)11-16-9-5-8-13(16)10-12-6-3-2-4-7-12/h2-4,6-7,13H,5,8-11H2,1H3,(H,15,17). The summed E-state index contributed by atoms with van der Waals surface area (Å²) in [5.74, 6) is 0.116. The Morgan fingerprint density at radius 3 is 2.88 bits per heavy atom. The van der Waals surface area contributed by atoms with Crippen molar-refractivity contribution >= 4 is 5.91 Å². The second-order valence-electron chi connectivity index (χ2n) is 4.63. The largest absolute Gasteiger partial charge is 0.358 e. The van der Waals surface area contributed by atoms with E-state index < -0.39 is 0 Å². The van der Waals surface area contributed by atoms with Gasteiger partial charge < -0.3 is 5.32 Å². The normalized spacial score (nSPS) is 20.4. The molecule has 17 heavy (non-hydrogen) atoms. The molecule has 0 saturated carbocycles. The molecule has 0 bridgehead atoms. The smallest absolute Gasteiger partial charge is 0.233 e. The lowest BCUT2D eigenvalue weighted by atomic mass is 10.0.